The molecule has 1 aromatic heterocycles. The van der Waals surface area contributed by atoms with E-state index in [0.29, 0.717) is 68.8 Å². The molecule has 4 saturated heterocycles. The molecule has 5 amide bonds. The second-order valence-corrected chi connectivity index (χ2v) is 19.4. The van der Waals surface area contributed by atoms with Gasteiger partial charge in [-0.2, -0.15) is 0 Å². The Bertz CT molecular complexity index is 2300. The molecule has 6 heterocycles. The van der Waals surface area contributed by atoms with Gasteiger partial charge in [0.05, 0.1) is 28.9 Å². The van der Waals surface area contributed by atoms with E-state index in [1.807, 2.05) is 27.0 Å². The van der Waals surface area contributed by atoms with Crippen molar-refractivity contribution in [2.24, 2.45) is 5.41 Å². The number of piperidine rings is 3. The van der Waals surface area contributed by atoms with Crippen molar-refractivity contribution in [2.45, 2.75) is 117 Å². The fraction of sp³-hybridized carbons (Fsp3) is 0.588. The fourth-order valence-electron chi connectivity index (χ4n) is 9.68. The standard InChI is InChI=1S/C33H49F2N7O.C16H18N4O4.C2H6/c1-5-6-7-8-13-39(4)29-20-30(37-24-36-29)41-16-11-33(12-17-41)23-42(22-31(43)38-33)28-19-26(34)25(18-27(28)35)21-40-14-9-32(2,3)10-15-40;1-17-7-8-18-10-4-2-3-9-13(10)16(24)20(15(9)23)11-5-6-12(21)19-14(11)22;1-2/h18-20,24H,5-17,21-23H2,1-4H3,(H,38,43);2-4,11,17-18H,5-8H2,1H3,(H,19,21,22);1-2H3. The van der Waals surface area contributed by atoms with Crippen LogP contribution in [0.1, 0.15) is 125 Å². The van der Waals surface area contributed by atoms with Gasteiger partial charge in [0.1, 0.15) is 35.6 Å². The highest BCUT2D eigenvalue weighted by molar-refractivity contribution is 6.25. The maximum Gasteiger partial charge on any atom is 0.264 e. The first-order chi connectivity index (χ1) is 33.1. The summed E-state index contributed by atoms with van der Waals surface area (Å²) in [4.78, 5) is 79.9. The quantitative estimate of drug-likeness (QED) is 0.102. The Labute approximate surface area is 406 Å². The van der Waals surface area contributed by atoms with Crippen LogP contribution in [0.3, 0.4) is 0 Å². The number of piperazine rings is 1. The summed E-state index contributed by atoms with van der Waals surface area (Å²) in [7, 11) is 3.88. The largest absolute Gasteiger partial charge is 0.383 e. The topological polar surface area (TPSA) is 175 Å². The minimum atomic E-state index is -0.944. The molecule has 5 aliphatic heterocycles. The van der Waals surface area contributed by atoms with Gasteiger partial charge in [0.25, 0.3) is 11.8 Å². The smallest absolute Gasteiger partial charge is 0.264 e. The zero-order chi connectivity index (χ0) is 49.9. The molecular formula is C51H73F2N11O5. The Morgan fingerprint density at radius 1 is 0.855 bits per heavy atom. The van der Waals surface area contributed by atoms with Gasteiger partial charge in [0, 0.05) is 82.7 Å². The number of aromatic nitrogens is 2. The Hall–Kier alpha value is -5.75. The number of hydrogen-bond donors (Lipinski definition) is 4. The predicted molar refractivity (Wildman–Crippen MR) is 266 cm³/mol. The van der Waals surface area contributed by atoms with Gasteiger partial charge in [-0.05, 0) is 82.3 Å². The Balaban J connectivity index is 0.000000254. The number of rotatable bonds is 15. The number of likely N-dealkylation sites (tertiary alicyclic amines) is 1. The fourth-order valence-corrected chi connectivity index (χ4v) is 9.68. The lowest BCUT2D eigenvalue weighted by Gasteiger charge is -2.48. The van der Waals surface area contributed by atoms with Crippen molar-refractivity contribution in [1.82, 2.24) is 35.7 Å². The van der Waals surface area contributed by atoms with Crippen molar-refractivity contribution in [3.8, 4) is 0 Å². The molecule has 1 spiro atoms. The van der Waals surface area contributed by atoms with E-state index in [1.165, 1.54) is 31.4 Å². The number of nitrogens with zero attached hydrogens (tertiary/aromatic N) is 7. The third-order valence-corrected chi connectivity index (χ3v) is 13.9. The SMILES string of the molecule is CC.CCCCCCN(C)c1cc(N2CCC3(CC2)CN(c2cc(F)c(CN4CCC(C)(C)CC4)cc2F)CC(=O)N3)ncn1.CNCCNc1cccc2c1C(=O)N(C1CCC(=O)NC1=O)C2=O. The first-order valence-electron chi connectivity index (χ1n) is 24.9. The number of carbonyl (C=O) groups is 5. The average molecular weight is 958 g/mol. The molecule has 2 aromatic carbocycles. The van der Waals surface area contributed by atoms with Crippen LogP contribution in [0.5, 0.6) is 0 Å². The lowest BCUT2D eigenvalue weighted by atomic mass is 9.82. The summed E-state index contributed by atoms with van der Waals surface area (Å²) in [5.74, 6) is -1.25. The molecule has 4 fully saturated rings. The molecule has 18 heteroatoms. The molecule has 0 aliphatic carbocycles. The Morgan fingerprint density at radius 2 is 1.59 bits per heavy atom. The van der Waals surface area contributed by atoms with Gasteiger partial charge in [0.15, 0.2) is 0 Å². The average Bonchev–Trinajstić information content (AvgIpc) is 3.59. The molecule has 1 atom stereocenters. The maximum atomic E-state index is 15.5. The summed E-state index contributed by atoms with van der Waals surface area (Å²) in [5, 5.41) is 11.5. The summed E-state index contributed by atoms with van der Waals surface area (Å²) >= 11 is 0. The van der Waals surface area contributed by atoms with E-state index in [-0.39, 0.29) is 48.0 Å². The second kappa shape index (κ2) is 23.7. The van der Waals surface area contributed by atoms with E-state index < -0.39 is 40.9 Å². The van der Waals surface area contributed by atoms with Crippen LogP contribution in [0.15, 0.2) is 42.7 Å². The minimum Gasteiger partial charge on any atom is -0.383 e. The number of carbonyl (C=O) groups excluding carboxylic acids is 5. The summed E-state index contributed by atoms with van der Waals surface area (Å²) in [6, 6.07) is 8.72. The van der Waals surface area contributed by atoms with Gasteiger partial charge in [-0.15, -0.1) is 0 Å². The lowest BCUT2D eigenvalue weighted by Crippen LogP contribution is -2.66. The van der Waals surface area contributed by atoms with Crippen LogP contribution in [0.2, 0.25) is 0 Å². The molecule has 0 radical (unpaired) electrons. The molecule has 5 aliphatic rings. The molecular weight excluding hydrogens is 885 g/mol. The maximum absolute atomic E-state index is 15.5. The molecule has 0 bridgehead atoms. The minimum absolute atomic E-state index is 0.0161. The third-order valence-electron chi connectivity index (χ3n) is 13.9. The highest BCUT2D eigenvalue weighted by Gasteiger charge is 2.46. The van der Waals surface area contributed by atoms with E-state index in [2.05, 4.69) is 73.8 Å². The van der Waals surface area contributed by atoms with Crippen molar-refractivity contribution in [2.75, 3.05) is 93.0 Å². The molecule has 0 saturated carbocycles. The van der Waals surface area contributed by atoms with E-state index in [9.17, 15) is 24.0 Å². The number of nitrogens with one attached hydrogen (secondary N) is 4. The van der Waals surface area contributed by atoms with Gasteiger partial charge in [0.2, 0.25) is 17.7 Å². The number of fused-ring (bicyclic) bond motifs is 1. The van der Waals surface area contributed by atoms with Gasteiger partial charge in [-0.1, -0.05) is 59.9 Å². The van der Waals surface area contributed by atoms with Gasteiger partial charge in [-0.25, -0.2) is 18.7 Å². The van der Waals surface area contributed by atoms with E-state index in [0.717, 1.165) is 55.4 Å². The van der Waals surface area contributed by atoms with Crippen LogP contribution < -0.4 is 36.0 Å². The summed E-state index contributed by atoms with van der Waals surface area (Å²) in [6.07, 6.45) is 10.2. The van der Waals surface area contributed by atoms with E-state index in [4.69, 9.17) is 0 Å². The summed E-state index contributed by atoms with van der Waals surface area (Å²) < 4.78 is 30.8. The second-order valence-electron chi connectivity index (χ2n) is 19.4. The number of hydrogen-bond acceptors (Lipinski definition) is 13. The molecule has 4 N–H and O–H groups in total. The number of benzene rings is 2. The van der Waals surface area contributed by atoms with Crippen molar-refractivity contribution in [3.05, 3.63) is 71.1 Å². The van der Waals surface area contributed by atoms with Gasteiger partial charge in [-0.3, -0.25) is 39.1 Å². The summed E-state index contributed by atoms with van der Waals surface area (Å²) in [5.41, 5.74) is 1.47. The van der Waals surface area contributed by atoms with Crippen LogP contribution >= 0.6 is 0 Å². The Kier molecular flexibility index (Phi) is 18.1. The van der Waals surface area contributed by atoms with Gasteiger partial charge >= 0.3 is 0 Å². The molecule has 3 aromatic rings. The monoisotopic (exact) mass is 958 g/mol. The zero-order valence-electron chi connectivity index (χ0n) is 41.7. The molecule has 1 unspecified atom stereocenters. The van der Waals surface area contributed by atoms with Crippen LogP contribution in [0, 0.1) is 17.0 Å². The van der Waals surface area contributed by atoms with Crippen LogP contribution in [-0.4, -0.2) is 134 Å². The van der Waals surface area contributed by atoms with Crippen molar-refractivity contribution in [3.63, 3.8) is 0 Å². The highest BCUT2D eigenvalue weighted by Crippen LogP contribution is 2.36. The number of halogens is 2. The van der Waals surface area contributed by atoms with Crippen LogP contribution in [0.25, 0.3) is 0 Å². The third kappa shape index (κ3) is 12.9. The van der Waals surface area contributed by atoms with Crippen LogP contribution in [-0.2, 0) is 20.9 Å². The highest BCUT2D eigenvalue weighted by atomic mass is 19.1. The molecule has 8 rings (SSSR count). The van der Waals surface area contributed by atoms with Crippen molar-refractivity contribution in [1.29, 1.82) is 0 Å². The zero-order valence-corrected chi connectivity index (χ0v) is 41.7. The first kappa shape index (κ1) is 52.6. The first-order valence-corrected chi connectivity index (χ1v) is 24.9. The number of amides is 5. The molecule has 16 nitrogen and oxygen atoms in total. The molecule has 376 valence electrons. The van der Waals surface area contributed by atoms with Crippen molar-refractivity contribution >= 4 is 52.5 Å². The molecule has 69 heavy (non-hydrogen) atoms. The summed E-state index contributed by atoms with van der Waals surface area (Å²) in [6.45, 7) is 17.0. The number of likely N-dealkylation sites (N-methyl/N-ethyl adjacent to an activating group) is 1. The lowest BCUT2D eigenvalue weighted by molar-refractivity contribution is -0.136. The van der Waals surface area contributed by atoms with Gasteiger partial charge < -0.3 is 30.7 Å². The van der Waals surface area contributed by atoms with E-state index in [1.54, 1.807) is 29.4 Å². The number of imide groups is 2. The number of anilines is 4. The van der Waals surface area contributed by atoms with E-state index >= 15 is 8.78 Å². The number of unbranched alkanes of at least 4 members (excludes halogenated alkanes) is 3. The normalized spacial score (nSPS) is 19.8. The van der Waals surface area contributed by atoms with Crippen molar-refractivity contribution < 1.29 is 32.8 Å². The van der Waals surface area contributed by atoms with Crippen LogP contribution in [0.4, 0.5) is 31.8 Å². The Morgan fingerprint density at radius 3 is 2.29 bits per heavy atom. The predicted octanol–water partition coefficient (Wildman–Crippen LogP) is 6.11.